The van der Waals surface area contributed by atoms with Crippen LogP contribution in [-0.2, 0) is 6.54 Å². The summed E-state index contributed by atoms with van der Waals surface area (Å²) >= 11 is 0. The van der Waals surface area contributed by atoms with E-state index in [2.05, 4.69) is 4.90 Å². The number of nitrogens with zero attached hydrogens (tertiary/aromatic N) is 2. The van der Waals surface area contributed by atoms with Gasteiger partial charge in [-0.3, -0.25) is 9.69 Å². The van der Waals surface area contributed by atoms with Crippen molar-refractivity contribution < 1.29 is 13.6 Å². The minimum absolute atomic E-state index is 0.00959. The van der Waals surface area contributed by atoms with Gasteiger partial charge in [-0.2, -0.15) is 0 Å². The Kier molecular flexibility index (Phi) is 4.24. The van der Waals surface area contributed by atoms with E-state index in [4.69, 9.17) is 4.42 Å². The molecule has 0 N–H and O–H groups in total. The number of halogens is 1. The van der Waals surface area contributed by atoms with Gasteiger partial charge in [0.2, 0.25) is 0 Å². The van der Waals surface area contributed by atoms with Crippen LogP contribution in [0.1, 0.15) is 15.9 Å². The molecule has 0 saturated carbocycles. The van der Waals surface area contributed by atoms with Crippen LogP contribution < -0.4 is 0 Å². The first-order chi connectivity index (χ1) is 12.2. The Morgan fingerprint density at radius 2 is 1.84 bits per heavy atom. The van der Waals surface area contributed by atoms with Crippen molar-refractivity contribution in [3.63, 3.8) is 0 Å². The van der Waals surface area contributed by atoms with Crippen LogP contribution in [0.4, 0.5) is 4.39 Å². The topological polar surface area (TPSA) is 36.7 Å². The minimum Gasteiger partial charge on any atom is -0.463 e. The number of furan rings is 1. The monoisotopic (exact) mass is 338 g/mol. The van der Waals surface area contributed by atoms with Gasteiger partial charge in [-0.25, -0.2) is 4.39 Å². The highest BCUT2D eigenvalue weighted by atomic mass is 19.1. The number of para-hydroxylation sites is 1. The van der Waals surface area contributed by atoms with Crippen molar-refractivity contribution in [1.29, 1.82) is 0 Å². The maximum Gasteiger partial charge on any atom is 0.257 e. The van der Waals surface area contributed by atoms with E-state index >= 15 is 0 Å². The van der Waals surface area contributed by atoms with Crippen molar-refractivity contribution in [2.45, 2.75) is 6.54 Å². The molecule has 4 rings (SSSR count). The van der Waals surface area contributed by atoms with E-state index in [0.29, 0.717) is 25.2 Å². The molecule has 3 aromatic rings. The summed E-state index contributed by atoms with van der Waals surface area (Å²) in [7, 11) is 0. The van der Waals surface area contributed by atoms with Crippen LogP contribution >= 0.6 is 0 Å². The fourth-order valence-corrected chi connectivity index (χ4v) is 3.32. The van der Waals surface area contributed by atoms with E-state index in [0.717, 1.165) is 29.6 Å². The second-order valence-corrected chi connectivity index (χ2v) is 6.34. The lowest BCUT2D eigenvalue weighted by atomic mass is 10.1. The summed E-state index contributed by atoms with van der Waals surface area (Å²) in [6, 6.07) is 14.3. The van der Waals surface area contributed by atoms with Crippen LogP contribution in [0.25, 0.3) is 11.0 Å². The second kappa shape index (κ2) is 6.69. The summed E-state index contributed by atoms with van der Waals surface area (Å²) in [6.07, 6.45) is 1.55. The number of rotatable bonds is 3. The highest BCUT2D eigenvalue weighted by molar-refractivity contribution is 6.05. The molecule has 0 spiro atoms. The lowest BCUT2D eigenvalue weighted by Crippen LogP contribution is -2.48. The first kappa shape index (κ1) is 15.8. The standard InChI is InChI=1S/C20H19FN2O2/c21-16-5-3-4-15(12-16)13-22-8-10-23(11-9-22)20(24)18-14-25-19-7-2-1-6-17(18)19/h1-7,12,14H,8-11,13H2. The molecule has 2 aromatic carbocycles. The largest absolute Gasteiger partial charge is 0.463 e. The molecule has 0 radical (unpaired) electrons. The predicted molar refractivity (Wildman–Crippen MR) is 93.8 cm³/mol. The van der Waals surface area contributed by atoms with Gasteiger partial charge in [-0.1, -0.05) is 30.3 Å². The quantitative estimate of drug-likeness (QED) is 0.733. The van der Waals surface area contributed by atoms with Gasteiger partial charge in [0.25, 0.3) is 5.91 Å². The number of carbonyl (C=O) groups is 1. The fourth-order valence-electron chi connectivity index (χ4n) is 3.32. The Morgan fingerprint density at radius 3 is 2.64 bits per heavy atom. The molecule has 0 atom stereocenters. The van der Waals surface area contributed by atoms with Gasteiger partial charge in [0.05, 0.1) is 5.56 Å². The van der Waals surface area contributed by atoms with E-state index in [9.17, 15) is 9.18 Å². The molecule has 1 aliphatic heterocycles. The van der Waals surface area contributed by atoms with Crippen molar-refractivity contribution in [2.75, 3.05) is 26.2 Å². The first-order valence-electron chi connectivity index (χ1n) is 8.43. The molecule has 25 heavy (non-hydrogen) atoms. The van der Waals surface area contributed by atoms with Gasteiger partial charge >= 0.3 is 0 Å². The molecule has 0 aliphatic carbocycles. The predicted octanol–water partition coefficient (Wildman–Crippen LogP) is 3.53. The van der Waals surface area contributed by atoms with Gasteiger partial charge in [-0.05, 0) is 23.8 Å². The summed E-state index contributed by atoms with van der Waals surface area (Å²) in [5.74, 6) is -0.200. The second-order valence-electron chi connectivity index (χ2n) is 6.34. The zero-order valence-electron chi connectivity index (χ0n) is 13.8. The molecular weight excluding hydrogens is 319 g/mol. The van der Waals surface area contributed by atoms with E-state index < -0.39 is 0 Å². The lowest BCUT2D eigenvalue weighted by molar-refractivity contribution is 0.0629. The van der Waals surface area contributed by atoms with Crippen LogP contribution in [0.3, 0.4) is 0 Å². The number of hydrogen-bond acceptors (Lipinski definition) is 3. The Labute approximate surface area is 145 Å². The first-order valence-corrected chi connectivity index (χ1v) is 8.43. The highest BCUT2D eigenvalue weighted by Gasteiger charge is 2.24. The number of piperazine rings is 1. The summed E-state index contributed by atoms with van der Waals surface area (Å²) in [5.41, 5.74) is 2.31. The van der Waals surface area contributed by atoms with Gasteiger partial charge in [-0.15, -0.1) is 0 Å². The molecule has 1 amide bonds. The highest BCUT2D eigenvalue weighted by Crippen LogP contribution is 2.22. The maximum atomic E-state index is 13.3. The molecule has 2 heterocycles. The molecule has 5 heteroatoms. The molecule has 1 saturated heterocycles. The van der Waals surface area contributed by atoms with Gasteiger partial charge in [0.1, 0.15) is 17.7 Å². The van der Waals surface area contributed by atoms with Crippen molar-refractivity contribution in [1.82, 2.24) is 9.80 Å². The van der Waals surface area contributed by atoms with Crippen LogP contribution in [0.15, 0.2) is 59.2 Å². The normalized spacial score (nSPS) is 15.6. The molecule has 4 nitrogen and oxygen atoms in total. The summed E-state index contributed by atoms with van der Waals surface area (Å²) in [6.45, 7) is 3.58. The van der Waals surface area contributed by atoms with E-state index in [1.165, 1.54) is 6.07 Å². The third kappa shape index (κ3) is 3.28. The minimum atomic E-state index is -0.210. The number of benzene rings is 2. The van der Waals surface area contributed by atoms with E-state index in [1.807, 2.05) is 35.2 Å². The Bertz CT molecular complexity index is 897. The van der Waals surface area contributed by atoms with Gasteiger partial charge in [0.15, 0.2) is 0 Å². The number of amides is 1. The molecule has 128 valence electrons. The molecule has 1 fully saturated rings. The summed E-state index contributed by atoms with van der Waals surface area (Å²) in [4.78, 5) is 16.9. The van der Waals surface area contributed by atoms with Crippen molar-refractivity contribution in [3.8, 4) is 0 Å². The molecule has 0 unspecified atom stereocenters. The van der Waals surface area contributed by atoms with E-state index in [-0.39, 0.29) is 11.7 Å². The van der Waals surface area contributed by atoms with Crippen LogP contribution in [0.2, 0.25) is 0 Å². The number of fused-ring (bicyclic) bond motifs is 1. The summed E-state index contributed by atoms with van der Waals surface area (Å²) < 4.78 is 18.8. The Morgan fingerprint density at radius 1 is 1.04 bits per heavy atom. The average Bonchev–Trinajstić information content (AvgIpc) is 3.06. The maximum absolute atomic E-state index is 13.3. The lowest BCUT2D eigenvalue weighted by Gasteiger charge is -2.34. The Hall–Kier alpha value is -2.66. The van der Waals surface area contributed by atoms with E-state index in [1.54, 1.807) is 18.4 Å². The van der Waals surface area contributed by atoms with Gasteiger partial charge < -0.3 is 9.32 Å². The van der Waals surface area contributed by atoms with Crippen LogP contribution in [-0.4, -0.2) is 41.9 Å². The number of carbonyl (C=O) groups excluding carboxylic acids is 1. The SMILES string of the molecule is O=C(c1coc2ccccc12)N1CCN(Cc2cccc(F)c2)CC1. The smallest absolute Gasteiger partial charge is 0.257 e. The number of hydrogen-bond donors (Lipinski definition) is 0. The third-order valence-corrected chi connectivity index (χ3v) is 4.67. The molecule has 1 aromatic heterocycles. The Balaban J connectivity index is 1.40. The molecule has 1 aliphatic rings. The fraction of sp³-hybridized carbons (Fsp3) is 0.250. The van der Waals surface area contributed by atoms with Crippen LogP contribution in [0, 0.1) is 5.82 Å². The molecular formula is C20H19FN2O2. The zero-order valence-corrected chi connectivity index (χ0v) is 13.8. The van der Waals surface area contributed by atoms with Crippen molar-refractivity contribution in [3.05, 3.63) is 71.7 Å². The summed E-state index contributed by atoms with van der Waals surface area (Å²) in [5, 5.41) is 0.856. The zero-order chi connectivity index (χ0) is 17.2. The van der Waals surface area contributed by atoms with Crippen molar-refractivity contribution >= 4 is 16.9 Å². The van der Waals surface area contributed by atoms with Crippen LogP contribution in [0.5, 0.6) is 0 Å². The van der Waals surface area contributed by atoms with Crippen molar-refractivity contribution in [2.24, 2.45) is 0 Å². The van der Waals surface area contributed by atoms with Gasteiger partial charge in [0, 0.05) is 38.1 Å². The molecule has 0 bridgehead atoms. The third-order valence-electron chi connectivity index (χ3n) is 4.67. The average molecular weight is 338 g/mol.